The Bertz CT molecular complexity index is 1180. The number of aromatic carboxylic acids is 1. The monoisotopic (exact) mass is 448 g/mol. The fourth-order valence-corrected chi connectivity index (χ4v) is 3.93. The van der Waals surface area contributed by atoms with Gasteiger partial charge in [0.1, 0.15) is 6.61 Å². The second kappa shape index (κ2) is 9.52. The molecule has 0 saturated heterocycles. The van der Waals surface area contributed by atoms with Crippen molar-refractivity contribution in [2.45, 2.75) is 12.3 Å². The third-order valence-electron chi connectivity index (χ3n) is 5.47. The van der Waals surface area contributed by atoms with E-state index >= 15 is 0 Å². The van der Waals surface area contributed by atoms with E-state index in [0.29, 0.717) is 0 Å². The lowest BCUT2D eigenvalue weighted by Gasteiger charge is -2.14. The molecule has 7 nitrogen and oxygen atoms in total. The van der Waals surface area contributed by atoms with Gasteiger partial charge in [0.25, 0.3) is 0 Å². The van der Waals surface area contributed by atoms with Gasteiger partial charge in [0.05, 0.1) is 11.3 Å². The molecule has 3 aromatic carbocycles. The van der Waals surface area contributed by atoms with E-state index in [0.717, 1.165) is 28.3 Å². The van der Waals surface area contributed by atoms with Gasteiger partial charge in [-0.3, -0.25) is 4.79 Å². The zero-order valence-electron chi connectivity index (χ0n) is 17.5. The Kier molecular flexibility index (Phi) is 6.35. The molecule has 4 rings (SSSR count). The van der Waals surface area contributed by atoms with Crippen LogP contribution >= 0.6 is 0 Å². The van der Waals surface area contributed by atoms with Crippen molar-refractivity contribution in [1.82, 2.24) is 5.32 Å². The predicted octanol–water partition coefficient (Wildman–Crippen LogP) is 4.39. The zero-order valence-corrected chi connectivity index (χ0v) is 17.5. The fraction of sp³-hybridized carbons (Fsp3) is 0.160. The van der Waals surface area contributed by atoms with Gasteiger partial charge in [-0.05, 0) is 34.4 Å². The maximum absolute atomic E-state index is 14.1. The van der Waals surface area contributed by atoms with E-state index in [2.05, 4.69) is 10.6 Å². The van der Waals surface area contributed by atoms with Gasteiger partial charge in [-0.2, -0.15) is 0 Å². The van der Waals surface area contributed by atoms with Crippen LogP contribution in [-0.2, 0) is 9.53 Å². The van der Waals surface area contributed by atoms with Crippen molar-refractivity contribution in [3.05, 3.63) is 89.2 Å². The maximum atomic E-state index is 14.1. The van der Waals surface area contributed by atoms with Gasteiger partial charge < -0.3 is 20.5 Å². The second-order valence-electron chi connectivity index (χ2n) is 7.52. The molecule has 1 aliphatic rings. The first-order chi connectivity index (χ1) is 16.0. The van der Waals surface area contributed by atoms with Crippen molar-refractivity contribution in [1.29, 1.82) is 0 Å². The molecule has 0 saturated carbocycles. The molecule has 3 N–H and O–H groups in total. The van der Waals surface area contributed by atoms with Crippen molar-refractivity contribution in [3.8, 4) is 11.1 Å². The number of nitrogens with one attached hydrogen (secondary N) is 2. The van der Waals surface area contributed by atoms with Crippen LogP contribution in [0.2, 0.25) is 0 Å². The number of carbonyl (C=O) groups excluding carboxylic acids is 2. The summed E-state index contributed by atoms with van der Waals surface area (Å²) in [5, 5.41) is 13.8. The fourth-order valence-electron chi connectivity index (χ4n) is 3.93. The zero-order chi connectivity index (χ0) is 23.4. The summed E-state index contributed by atoms with van der Waals surface area (Å²) >= 11 is 0. The molecule has 0 aliphatic heterocycles. The van der Waals surface area contributed by atoms with Crippen LogP contribution in [0.5, 0.6) is 0 Å². The minimum Gasteiger partial charge on any atom is -0.478 e. The van der Waals surface area contributed by atoms with E-state index in [1.165, 1.54) is 12.1 Å². The lowest BCUT2D eigenvalue weighted by molar-refractivity contribution is -0.116. The van der Waals surface area contributed by atoms with Crippen LogP contribution in [0.3, 0.4) is 0 Å². The van der Waals surface area contributed by atoms with E-state index in [1.807, 2.05) is 48.5 Å². The molecule has 1 aliphatic carbocycles. The van der Waals surface area contributed by atoms with E-state index in [4.69, 9.17) is 9.84 Å². The van der Waals surface area contributed by atoms with Gasteiger partial charge in [0, 0.05) is 18.9 Å². The van der Waals surface area contributed by atoms with E-state index in [-0.39, 0.29) is 31.2 Å². The van der Waals surface area contributed by atoms with Crippen molar-refractivity contribution >= 4 is 23.7 Å². The summed E-state index contributed by atoms with van der Waals surface area (Å²) in [6, 6.07) is 19.7. The number of carboxylic acid groups (broad SMARTS) is 1. The molecule has 0 spiro atoms. The number of hydrogen-bond donors (Lipinski definition) is 3. The van der Waals surface area contributed by atoms with Crippen LogP contribution < -0.4 is 10.6 Å². The second-order valence-corrected chi connectivity index (χ2v) is 7.52. The molecule has 2 amide bonds. The standard InChI is InChI=1S/C25H21FN2O5/c26-23-19(24(30)31)10-5-11-21(23)28-22(29)12-13-27-25(32)33-14-20-17-8-3-1-6-15(17)16-7-2-4-9-18(16)20/h1-11,20H,12-14H2,(H,27,32)(H,28,29)(H,30,31). The van der Waals surface area contributed by atoms with Gasteiger partial charge in [-0.15, -0.1) is 0 Å². The van der Waals surface area contributed by atoms with E-state index < -0.39 is 29.4 Å². The Balaban J connectivity index is 1.27. The van der Waals surface area contributed by atoms with Crippen LogP contribution in [0.15, 0.2) is 66.7 Å². The molecule has 168 valence electrons. The number of alkyl carbamates (subject to hydrolysis) is 1. The van der Waals surface area contributed by atoms with Gasteiger partial charge in [-0.1, -0.05) is 54.6 Å². The van der Waals surface area contributed by atoms with Crippen molar-refractivity contribution < 1.29 is 28.6 Å². The van der Waals surface area contributed by atoms with Gasteiger partial charge >= 0.3 is 12.1 Å². The first kappa shape index (κ1) is 22.0. The molecule has 3 aromatic rings. The molecular formula is C25H21FN2O5. The molecule has 0 radical (unpaired) electrons. The number of hydrogen-bond acceptors (Lipinski definition) is 4. The van der Waals surface area contributed by atoms with E-state index in [9.17, 15) is 18.8 Å². The average Bonchev–Trinajstić information content (AvgIpc) is 3.12. The van der Waals surface area contributed by atoms with Crippen molar-refractivity contribution in [2.75, 3.05) is 18.5 Å². The molecule has 0 unspecified atom stereocenters. The van der Waals surface area contributed by atoms with Crippen LogP contribution in [0.1, 0.15) is 33.8 Å². The van der Waals surface area contributed by atoms with E-state index in [1.54, 1.807) is 0 Å². The number of halogens is 1. The number of carboxylic acids is 1. The molecule has 33 heavy (non-hydrogen) atoms. The number of rotatable bonds is 7. The Morgan fingerprint density at radius 1 is 0.909 bits per heavy atom. The number of anilines is 1. The topological polar surface area (TPSA) is 105 Å². The molecule has 0 atom stereocenters. The average molecular weight is 448 g/mol. The highest BCUT2D eigenvalue weighted by Crippen LogP contribution is 2.44. The molecule has 8 heteroatoms. The third-order valence-corrected chi connectivity index (χ3v) is 5.47. The molecule has 0 aromatic heterocycles. The normalized spacial score (nSPS) is 11.9. The molecular weight excluding hydrogens is 427 g/mol. The summed E-state index contributed by atoms with van der Waals surface area (Å²) < 4.78 is 19.5. The Morgan fingerprint density at radius 2 is 1.55 bits per heavy atom. The minimum atomic E-state index is -1.43. The predicted molar refractivity (Wildman–Crippen MR) is 120 cm³/mol. The first-order valence-electron chi connectivity index (χ1n) is 10.4. The highest BCUT2D eigenvalue weighted by molar-refractivity contribution is 5.94. The Labute approximate surface area is 189 Å². The Hall–Kier alpha value is -4.20. The van der Waals surface area contributed by atoms with Crippen molar-refractivity contribution in [3.63, 3.8) is 0 Å². The SMILES string of the molecule is O=C(CCNC(=O)OCC1c2ccccc2-c2ccccc21)Nc1cccc(C(=O)O)c1F. The van der Waals surface area contributed by atoms with Gasteiger partial charge in [-0.25, -0.2) is 14.0 Å². The molecule has 0 heterocycles. The number of ether oxygens (including phenoxy) is 1. The molecule has 0 bridgehead atoms. The lowest BCUT2D eigenvalue weighted by Crippen LogP contribution is -2.29. The maximum Gasteiger partial charge on any atom is 0.407 e. The lowest BCUT2D eigenvalue weighted by atomic mass is 9.98. The summed E-state index contributed by atoms with van der Waals surface area (Å²) in [7, 11) is 0. The smallest absolute Gasteiger partial charge is 0.407 e. The third kappa shape index (κ3) is 4.69. The van der Waals surface area contributed by atoms with Crippen LogP contribution in [0.25, 0.3) is 11.1 Å². The number of fused-ring (bicyclic) bond motifs is 3. The van der Waals surface area contributed by atoms with Crippen LogP contribution in [-0.4, -0.2) is 36.2 Å². The largest absolute Gasteiger partial charge is 0.478 e. The van der Waals surface area contributed by atoms with Gasteiger partial charge in [0.2, 0.25) is 5.91 Å². The minimum absolute atomic E-state index is 0.0251. The summed E-state index contributed by atoms with van der Waals surface area (Å²) in [6.45, 7) is 0.127. The number of amides is 2. The first-order valence-corrected chi connectivity index (χ1v) is 10.4. The highest BCUT2D eigenvalue weighted by Gasteiger charge is 2.29. The number of benzene rings is 3. The molecule has 0 fully saturated rings. The Morgan fingerprint density at radius 3 is 2.18 bits per heavy atom. The van der Waals surface area contributed by atoms with Crippen LogP contribution in [0, 0.1) is 5.82 Å². The summed E-state index contributed by atoms with van der Waals surface area (Å²) in [5.41, 5.74) is 3.66. The summed E-state index contributed by atoms with van der Waals surface area (Å²) in [4.78, 5) is 35.2. The number of carbonyl (C=O) groups is 3. The van der Waals surface area contributed by atoms with Crippen LogP contribution in [0.4, 0.5) is 14.9 Å². The summed E-state index contributed by atoms with van der Waals surface area (Å²) in [5.74, 6) is -3.10. The quantitative estimate of drug-likeness (QED) is 0.497. The van der Waals surface area contributed by atoms with Crippen molar-refractivity contribution in [2.24, 2.45) is 0 Å². The summed E-state index contributed by atoms with van der Waals surface area (Å²) in [6.07, 6.45) is -0.801. The highest BCUT2D eigenvalue weighted by atomic mass is 19.1. The van der Waals surface area contributed by atoms with Gasteiger partial charge in [0.15, 0.2) is 5.82 Å².